The number of aromatic carboxylic acids is 1. The number of carboxylic acids is 1. The number of nitrogens with zero attached hydrogens (tertiary/aromatic N) is 2. The molecule has 0 amide bonds. The minimum absolute atomic E-state index is 0.385. The van der Waals surface area contributed by atoms with Crippen LogP contribution in [0.25, 0.3) is 11.3 Å². The molecule has 19 heavy (non-hydrogen) atoms. The van der Waals surface area contributed by atoms with Crippen molar-refractivity contribution in [2.24, 2.45) is 0 Å². The summed E-state index contributed by atoms with van der Waals surface area (Å²) in [5, 5.41) is 19.3. The van der Waals surface area contributed by atoms with Gasteiger partial charge in [0.05, 0.1) is 16.6 Å². The fraction of sp³-hybridized carbons (Fsp3) is 0. The van der Waals surface area contributed by atoms with Crippen LogP contribution in [0.2, 0.25) is 0 Å². The predicted molar refractivity (Wildman–Crippen MR) is 55.5 cm³/mol. The molecule has 1 N–H and O–H groups in total. The van der Waals surface area contributed by atoms with Crippen LogP contribution < -0.4 is 0 Å². The van der Waals surface area contributed by atoms with Gasteiger partial charge >= 0.3 is 11.7 Å². The highest BCUT2D eigenvalue weighted by molar-refractivity contribution is 5.92. The Labute approximate surface area is 103 Å². The van der Waals surface area contributed by atoms with Gasteiger partial charge in [-0.1, -0.05) is 0 Å². The fourth-order valence-corrected chi connectivity index (χ4v) is 1.46. The van der Waals surface area contributed by atoms with Gasteiger partial charge < -0.3 is 9.52 Å². The molecule has 7 nitrogen and oxygen atoms in total. The van der Waals surface area contributed by atoms with Gasteiger partial charge in [-0.05, 0) is 6.07 Å². The number of benzene rings is 1. The average Bonchev–Trinajstić information content (AvgIpc) is 2.80. The fourth-order valence-electron chi connectivity index (χ4n) is 1.46. The van der Waals surface area contributed by atoms with Crippen molar-refractivity contribution in [3.05, 3.63) is 46.0 Å². The molecular weight excluding hydrogens is 266 g/mol. The maximum Gasteiger partial charge on any atom is 0.358 e. The lowest BCUT2D eigenvalue weighted by molar-refractivity contribution is -0.387. The summed E-state index contributed by atoms with van der Waals surface area (Å²) in [5.41, 5.74) is -2.47. The first-order valence-corrected chi connectivity index (χ1v) is 4.72. The Balaban J connectivity index is 2.72. The van der Waals surface area contributed by atoms with Gasteiger partial charge in [0.15, 0.2) is 17.8 Å². The van der Waals surface area contributed by atoms with Crippen LogP contribution >= 0.6 is 0 Å². The number of aromatic nitrogens is 1. The molecule has 2 rings (SSSR count). The zero-order valence-corrected chi connectivity index (χ0v) is 8.96. The molecule has 2 aromatic rings. The molecule has 0 saturated heterocycles. The molecule has 0 aliphatic carbocycles. The summed E-state index contributed by atoms with van der Waals surface area (Å²) in [5.74, 6) is -4.62. The third kappa shape index (κ3) is 2.12. The van der Waals surface area contributed by atoms with E-state index in [9.17, 15) is 23.7 Å². The Morgan fingerprint density at radius 3 is 2.68 bits per heavy atom. The summed E-state index contributed by atoms with van der Waals surface area (Å²) in [6.45, 7) is 0. The van der Waals surface area contributed by atoms with Crippen molar-refractivity contribution in [2.75, 3.05) is 0 Å². The molecule has 0 aliphatic heterocycles. The van der Waals surface area contributed by atoms with Gasteiger partial charge in [-0.3, -0.25) is 10.1 Å². The van der Waals surface area contributed by atoms with Crippen molar-refractivity contribution in [3.8, 4) is 11.3 Å². The normalized spacial score (nSPS) is 10.4. The van der Waals surface area contributed by atoms with Crippen molar-refractivity contribution >= 4 is 11.7 Å². The number of hydrogen-bond donors (Lipinski definition) is 1. The van der Waals surface area contributed by atoms with Crippen LogP contribution in [0.4, 0.5) is 14.5 Å². The van der Waals surface area contributed by atoms with E-state index in [1.54, 1.807) is 0 Å². The maximum absolute atomic E-state index is 13.8. The molecule has 0 atom stereocenters. The van der Waals surface area contributed by atoms with Crippen LogP contribution in [0.1, 0.15) is 10.5 Å². The summed E-state index contributed by atoms with van der Waals surface area (Å²) >= 11 is 0. The van der Waals surface area contributed by atoms with Gasteiger partial charge in [0.1, 0.15) is 5.82 Å². The third-order valence-corrected chi connectivity index (χ3v) is 2.23. The molecule has 0 unspecified atom stereocenters. The van der Waals surface area contributed by atoms with Crippen LogP contribution in [0, 0.1) is 21.7 Å². The number of hydrogen-bond acceptors (Lipinski definition) is 5. The Hall–Kier alpha value is -2.84. The van der Waals surface area contributed by atoms with Crippen LogP contribution in [0.3, 0.4) is 0 Å². The zero-order chi connectivity index (χ0) is 14.2. The van der Waals surface area contributed by atoms with Crippen molar-refractivity contribution in [1.29, 1.82) is 0 Å². The lowest BCUT2D eigenvalue weighted by atomic mass is 10.1. The molecule has 0 aliphatic rings. The molecule has 0 spiro atoms. The number of rotatable bonds is 3. The van der Waals surface area contributed by atoms with E-state index in [4.69, 9.17) is 5.11 Å². The number of halogens is 2. The summed E-state index contributed by atoms with van der Waals surface area (Å²) in [7, 11) is 0. The summed E-state index contributed by atoms with van der Waals surface area (Å²) in [6, 6.07) is 0.977. The molecule has 0 fully saturated rings. The van der Waals surface area contributed by atoms with E-state index in [-0.39, 0.29) is 0 Å². The molecule has 0 bridgehead atoms. The largest absolute Gasteiger partial charge is 0.476 e. The monoisotopic (exact) mass is 270 g/mol. The lowest BCUT2D eigenvalue weighted by Gasteiger charge is -2.02. The van der Waals surface area contributed by atoms with E-state index < -0.39 is 45.2 Å². The van der Waals surface area contributed by atoms with E-state index in [1.165, 1.54) is 0 Å². The Morgan fingerprint density at radius 1 is 1.42 bits per heavy atom. The first kappa shape index (κ1) is 12.6. The van der Waals surface area contributed by atoms with E-state index in [0.717, 1.165) is 6.39 Å². The Kier molecular flexibility index (Phi) is 2.95. The Bertz CT molecular complexity index is 683. The van der Waals surface area contributed by atoms with E-state index in [0.29, 0.717) is 12.1 Å². The van der Waals surface area contributed by atoms with Gasteiger partial charge in [-0.15, -0.1) is 0 Å². The van der Waals surface area contributed by atoms with E-state index >= 15 is 0 Å². The van der Waals surface area contributed by atoms with Gasteiger partial charge in [-0.2, -0.15) is 4.39 Å². The van der Waals surface area contributed by atoms with E-state index in [1.807, 2.05) is 0 Å². The quantitative estimate of drug-likeness (QED) is 0.676. The standard InChI is InChI=1S/C10H4F2N2O5/c11-4-1-5(7(12)6(2-4)14(17)18)9-8(10(15)16)13-3-19-9/h1-3H,(H,15,16). The second-order valence-electron chi connectivity index (χ2n) is 3.38. The summed E-state index contributed by atoms with van der Waals surface area (Å²) in [4.78, 5) is 23.5. The maximum atomic E-state index is 13.8. The van der Waals surface area contributed by atoms with Crippen molar-refractivity contribution in [2.45, 2.75) is 0 Å². The highest BCUT2D eigenvalue weighted by Gasteiger charge is 2.26. The number of oxazole rings is 1. The number of carboxylic acid groups (broad SMARTS) is 1. The molecule has 0 saturated carbocycles. The molecule has 1 aromatic carbocycles. The number of nitro benzene ring substituents is 1. The van der Waals surface area contributed by atoms with Crippen LogP contribution in [-0.2, 0) is 0 Å². The summed E-state index contributed by atoms with van der Waals surface area (Å²) in [6.07, 6.45) is 0.717. The first-order chi connectivity index (χ1) is 8.91. The highest BCUT2D eigenvalue weighted by Crippen LogP contribution is 2.32. The smallest absolute Gasteiger partial charge is 0.358 e. The van der Waals surface area contributed by atoms with E-state index in [2.05, 4.69) is 9.40 Å². The minimum Gasteiger partial charge on any atom is -0.476 e. The van der Waals surface area contributed by atoms with Gasteiger partial charge in [-0.25, -0.2) is 14.2 Å². The van der Waals surface area contributed by atoms with Crippen molar-refractivity contribution < 1.29 is 28.0 Å². The van der Waals surface area contributed by atoms with Crippen molar-refractivity contribution in [3.63, 3.8) is 0 Å². The SMILES string of the molecule is O=C(O)c1ncoc1-c1cc(F)cc([N+](=O)[O-])c1F. The summed E-state index contributed by atoms with van der Waals surface area (Å²) < 4.78 is 31.7. The van der Waals surface area contributed by atoms with Crippen molar-refractivity contribution in [1.82, 2.24) is 4.98 Å². The second-order valence-corrected chi connectivity index (χ2v) is 3.38. The van der Waals surface area contributed by atoms with Gasteiger partial charge in [0.2, 0.25) is 5.82 Å². The highest BCUT2D eigenvalue weighted by atomic mass is 19.1. The van der Waals surface area contributed by atoms with Gasteiger partial charge in [0.25, 0.3) is 0 Å². The minimum atomic E-state index is -1.53. The third-order valence-electron chi connectivity index (χ3n) is 2.23. The zero-order valence-electron chi connectivity index (χ0n) is 8.96. The van der Waals surface area contributed by atoms with Crippen LogP contribution in [0.15, 0.2) is 22.9 Å². The second kappa shape index (κ2) is 4.44. The molecule has 0 radical (unpaired) electrons. The molecule has 9 heteroatoms. The topological polar surface area (TPSA) is 106 Å². The molecular formula is C10H4F2N2O5. The average molecular weight is 270 g/mol. The first-order valence-electron chi connectivity index (χ1n) is 4.72. The predicted octanol–water partition coefficient (Wildman–Crippen LogP) is 2.23. The number of nitro groups is 1. The molecule has 98 valence electrons. The number of carbonyl (C=O) groups is 1. The molecule has 1 heterocycles. The lowest BCUT2D eigenvalue weighted by Crippen LogP contribution is -2.01. The molecule has 1 aromatic heterocycles. The van der Waals surface area contributed by atoms with Crippen LogP contribution in [-0.4, -0.2) is 21.0 Å². The Morgan fingerprint density at radius 2 is 2.11 bits per heavy atom. The van der Waals surface area contributed by atoms with Gasteiger partial charge in [0, 0.05) is 0 Å². The van der Waals surface area contributed by atoms with Crippen LogP contribution in [0.5, 0.6) is 0 Å².